The molecule has 1 aliphatic rings. The van der Waals surface area contributed by atoms with E-state index in [1.807, 2.05) is 19.1 Å². The maximum Gasteiger partial charge on any atom is 0.259 e. The van der Waals surface area contributed by atoms with Gasteiger partial charge in [-0.15, -0.1) is 11.3 Å². The number of amides is 1. The number of aryl methyl sites for hydroxylation is 1. The van der Waals surface area contributed by atoms with E-state index in [1.54, 1.807) is 36.6 Å². The maximum absolute atomic E-state index is 13.4. The number of furan rings is 1. The Morgan fingerprint density at radius 2 is 2.17 bits per heavy atom. The number of carbonyl (C=O) groups excluding carboxylic acids is 1. The van der Waals surface area contributed by atoms with Gasteiger partial charge < -0.3 is 19.8 Å². The second-order valence-electron chi connectivity index (χ2n) is 7.72. The van der Waals surface area contributed by atoms with Crippen molar-refractivity contribution in [3.8, 4) is 5.75 Å². The van der Waals surface area contributed by atoms with Crippen LogP contribution in [0.1, 0.15) is 45.7 Å². The molecule has 0 saturated carbocycles. The van der Waals surface area contributed by atoms with Crippen molar-refractivity contribution in [3.63, 3.8) is 0 Å². The molecular weight excluding hydrogens is 420 g/mol. The number of methoxy groups -OCH3 is 1. The van der Waals surface area contributed by atoms with Crippen LogP contribution in [0, 0.1) is 12.8 Å². The molecule has 1 aromatic carbocycles. The Kier molecular flexibility index (Phi) is 6.06. The van der Waals surface area contributed by atoms with Gasteiger partial charge in [0.05, 0.1) is 24.9 Å². The first-order valence-corrected chi connectivity index (χ1v) is 11.2. The largest absolute Gasteiger partial charge is 0.495 e. The molecule has 5 nitrogen and oxygen atoms in total. The Morgan fingerprint density at radius 3 is 2.90 bits per heavy atom. The van der Waals surface area contributed by atoms with E-state index in [-0.39, 0.29) is 5.91 Å². The van der Waals surface area contributed by atoms with Crippen molar-refractivity contribution >= 4 is 39.5 Å². The summed E-state index contributed by atoms with van der Waals surface area (Å²) >= 11 is 7.81. The monoisotopic (exact) mass is 444 g/mol. The molecule has 0 bridgehead atoms. The molecule has 158 valence electrons. The lowest BCUT2D eigenvalue weighted by molar-refractivity contribution is 0.102. The Labute approximate surface area is 185 Å². The van der Waals surface area contributed by atoms with E-state index >= 15 is 0 Å². The highest BCUT2D eigenvalue weighted by atomic mass is 35.5. The van der Waals surface area contributed by atoms with Crippen LogP contribution in [0.25, 0.3) is 0 Å². The minimum absolute atomic E-state index is 0.152. The molecule has 4 rings (SSSR count). The summed E-state index contributed by atoms with van der Waals surface area (Å²) in [5, 5.41) is 7.85. The van der Waals surface area contributed by atoms with Crippen molar-refractivity contribution in [2.45, 2.75) is 39.7 Å². The van der Waals surface area contributed by atoms with E-state index in [0.717, 1.165) is 41.3 Å². The highest BCUT2D eigenvalue weighted by Gasteiger charge is 2.28. The van der Waals surface area contributed by atoms with E-state index in [9.17, 15) is 4.79 Å². The van der Waals surface area contributed by atoms with E-state index in [0.29, 0.717) is 34.5 Å². The van der Waals surface area contributed by atoms with E-state index in [2.05, 4.69) is 17.6 Å². The average molecular weight is 445 g/mol. The average Bonchev–Trinajstić information content (AvgIpc) is 3.29. The van der Waals surface area contributed by atoms with Gasteiger partial charge in [-0.05, 0) is 68.0 Å². The fraction of sp³-hybridized carbons (Fsp3) is 0.348. The lowest BCUT2D eigenvalue weighted by atomic mass is 9.88. The zero-order valence-electron chi connectivity index (χ0n) is 17.3. The third kappa shape index (κ3) is 4.35. The SMILES string of the molecule is COc1ccc(Cl)cc1NC(=O)c1c(NCc2ccc(C)o2)sc2c1CC[C@H](C)C2. The summed E-state index contributed by atoms with van der Waals surface area (Å²) in [6, 6.07) is 9.09. The smallest absolute Gasteiger partial charge is 0.259 e. The summed E-state index contributed by atoms with van der Waals surface area (Å²) in [5.41, 5.74) is 2.42. The molecule has 2 aromatic heterocycles. The lowest BCUT2D eigenvalue weighted by Crippen LogP contribution is -2.18. The minimum atomic E-state index is -0.152. The van der Waals surface area contributed by atoms with Crippen LogP contribution in [0.15, 0.2) is 34.7 Å². The summed E-state index contributed by atoms with van der Waals surface area (Å²) < 4.78 is 11.1. The molecule has 3 aromatic rings. The van der Waals surface area contributed by atoms with Crippen LogP contribution in [-0.4, -0.2) is 13.0 Å². The molecule has 0 fully saturated rings. The number of anilines is 2. The zero-order valence-corrected chi connectivity index (χ0v) is 18.9. The summed E-state index contributed by atoms with van der Waals surface area (Å²) in [4.78, 5) is 14.7. The van der Waals surface area contributed by atoms with Crippen molar-refractivity contribution in [1.29, 1.82) is 0 Å². The Balaban J connectivity index is 1.65. The van der Waals surface area contributed by atoms with Gasteiger partial charge in [-0.2, -0.15) is 0 Å². The number of thiophene rings is 1. The first-order chi connectivity index (χ1) is 14.4. The number of nitrogens with one attached hydrogen (secondary N) is 2. The van der Waals surface area contributed by atoms with Gasteiger partial charge in [-0.1, -0.05) is 18.5 Å². The van der Waals surface area contributed by atoms with Crippen LogP contribution >= 0.6 is 22.9 Å². The van der Waals surface area contributed by atoms with E-state index < -0.39 is 0 Å². The quantitative estimate of drug-likeness (QED) is 0.468. The topological polar surface area (TPSA) is 63.5 Å². The molecular formula is C23H25ClN2O3S. The Morgan fingerprint density at radius 1 is 1.33 bits per heavy atom. The Hall–Kier alpha value is -2.44. The number of halogens is 1. The molecule has 1 atom stereocenters. The third-order valence-corrected chi connectivity index (χ3v) is 6.81. The van der Waals surface area contributed by atoms with Crippen molar-refractivity contribution in [2.24, 2.45) is 5.92 Å². The molecule has 0 unspecified atom stereocenters. The minimum Gasteiger partial charge on any atom is -0.495 e. The van der Waals surface area contributed by atoms with Crippen LogP contribution in [0.2, 0.25) is 5.02 Å². The second-order valence-corrected chi connectivity index (χ2v) is 9.26. The third-order valence-electron chi connectivity index (χ3n) is 5.37. The molecule has 0 aliphatic heterocycles. The van der Waals surface area contributed by atoms with Crippen LogP contribution in [0.3, 0.4) is 0 Å². The standard InChI is InChI=1S/C23H25ClN2O3S/c1-13-4-8-17-20(10-13)30-23(25-12-16-7-5-14(2)29-16)21(17)22(27)26-18-11-15(24)6-9-19(18)28-3/h5-7,9,11,13,25H,4,8,10,12H2,1-3H3,(H,26,27)/t13-/m0/s1. The first kappa shape index (κ1) is 20.8. The lowest BCUT2D eigenvalue weighted by Gasteiger charge is -2.19. The van der Waals surface area contributed by atoms with E-state index in [4.69, 9.17) is 20.8 Å². The molecule has 0 radical (unpaired) electrons. The van der Waals surface area contributed by atoms with Gasteiger partial charge in [0.15, 0.2) is 0 Å². The zero-order chi connectivity index (χ0) is 21.3. The summed E-state index contributed by atoms with van der Waals surface area (Å²) in [5.74, 6) is 2.76. The van der Waals surface area contributed by atoms with E-state index in [1.165, 1.54) is 4.88 Å². The predicted molar refractivity (Wildman–Crippen MR) is 122 cm³/mol. The number of ether oxygens (including phenoxy) is 1. The van der Waals surface area contributed by atoms with Gasteiger partial charge in [0.2, 0.25) is 0 Å². The summed E-state index contributed by atoms with van der Waals surface area (Å²) in [6.07, 6.45) is 2.99. The normalized spacial score (nSPS) is 15.5. The maximum atomic E-state index is 13.4. The van der Waals surface area contributed by atoms with Crippen LogP contribution in [-0.2, 0) is 19.4 Å². The molecule has 1 amide bonds. The number of benzene rings is 1. The molecule has 0 saturated heterocycles. The van der Waals surface area contributed by atoms with Crippen LogP contribution < -0.4 is 15.4 Å². The van der Waals surface area contributed by atoms with Crippen molar-refractivity contribution in [2.75, 3.05) is 17.7 Å². The predicted octanol–water partition coefficient (Wildman–Crippen LogP) is 6.30. The van der Waals surface area contributed by atoms with Gasteiger partial charge in [-0.3, -0.25) is 4.79 Å². The Bertz CT molecular complexity index is 1070. The molecule has 30 heavy (non-hydrogen) atoms. The van der Waals surface area contributed by atoms with Gasteiger partial charge in [0.1, 0.15) is 22.3 Å². The highest BCUT2D eigenvalue weighted by Crippen LogP contribution is 2.40. The second kappa shape index (κ2) is 8.74. The number of hydrogen-bond donors (Lipinski definition) is 2. The van der Waals surface area contributed by atoms with Gasteiger partial charge in [0, 0.05) is 9.90 Å². The van der Waals surface area contributed by atoms with Crippen molar-refractivity contribution in [1.82, 2.24) is 0 Å². The highest BCUT2D eigenvalue weighted by molar-refractivity contribution is 7.16. The molecule has 2 heterocycles. The van der Waals surface area contributed by atoms with Crippen LogP contribution in [0.5, 0.6) is 5.75 Å². The van der Waals surface area contributed by atoms with Crippen LogP contribution in [0.4, 0.5) is 10.7 Å². The first-order valence-electron chi connectivity index (χ1n) is 10.0. The molecule has 0 spiro atoms. The van der Waals surface area contributed by atoms with Gasteiger partial charge >= 0.3 is 0 Å². The number of carbonyl (C=O) groups is 1. The molecule has 2 N–H and O–H groups in total. The number of hydrogen-bond acceptors (Lipinski definition) is 5. The van der Waals surface area contributed by atoms with Crippen molar-refractivity contribution < 1.29 is 13.9 Å². The summed E-state index contributed by atoms with van der Waals surface area (Å²) in [6.45, 7) is 4.72. The van der Waals surface area contributed by atoms with Gasteiger partial charge in [-0.25, -0.2) is 0 Å². The van der Waals surface area contributed by atoms with Crippen molar-refractivity contribution in [3.05, 3.63) is 62.9 Å². The summed E-state index contributed by atoms with van der Waals surface area (Å²) in [7, 11) is 1.57. The number of rotatable bonds is 6. The fourth-order valence-electron chi connectivity index (χ4n) is 3.83. The van der Waals surface area contributed by atoms with Gasteiger partial charge in [0.25, 0.3) is 5.91 Å². The molecule has 7 heteroatoms. The molecule has 1 aliphatic carbocycles. The fourth-order valence-corrected chi connectivity index (χ4v) is 5.40. The number of fused-ring (bicyclic) bond motifs is 1.